The number of nitrogens with one attached hydrogen (secondary N) is 1. The first-order valence-electron chi connectivity index (χ1n) is 9.12. The van der Waals surface area contributed by atoms with Crippen LogP contribution < -0.4 is 5.32 Å². The molecule has 7 heteroatoms. The number of hydrogen-bond acceptors (Lipinski definition) is 4. The van der Waals surface area contributed by atoms with E-state index in [4.69, 9.17) is 0 Å². The molecule has 1 saturated carbocycles. The van der Waals surface area contributed by atoms with E-state index in [1.54, 1.807) is 19.0 Å². The molecule has 1 N–H and O–H groups in total. The molecule has 1 aromatic heterocycles. The summed E-state index contributed by atoms with van der Waals surface area (Å²) < 4.78 is 1.92. The normalized spacial score (nSPS) is 15.2. The number of para-hydroxylation sites is 2. The summed E-state index contributed by atoms with van der Waals surface area (Å²) in [6.07, 6.45) is 5.77. The smallest absolute Gasteiger partial charge is 0.240 e. The summed E-state index contributed by atoms with van der Waals surface area (Å²) in [6.45, 7) is 0.232. The van der Waals surface area contributed by atoms with Crippen molar-refractivity contribution < 1.29 is 9.59 Å². The Balaban J connectivity index is 1.75. The van der Waals surface area contributed by atoms with Gasteiger partial charge in [-0.25, -0.2) is 4.98 Å². The van der Waals surface area contributed by atoms with E-state index in [-0.39, 0.29) is 24.4 Å². The van der Waals surface area contributed by atoms with Crippen molar-refractivity contribution in [2.45, 2.75) is 49.8 Å². The number of hydrogen-bond donors (Lipinski definition) is 1. The summed E-state index contributed by atoms with van der Waals surface area (Å²) in [4.78, 5) is 30.7. The Bertz CT molecular complexity index is 781. The highest BCUT2D eigenvalue weighted by atomic mass is 32.2. The van der Waals surface area contributed by atoms with E-state index in [2.05, 4.69) is 10.3 Å². The Morgan fingerprint density at radius 3 is 2.69 bits per heavy atom. The number of carbonyl (C=O) groups excluding carboxylic acids is 2. The standard InChI is InChI=1S/C19H26N4O2S/c1-22(2)18(25)13-26-19-21-15-10-6-7-11-16(15)23(19)12-17(24)20-14-8-4-3-5-9-14/h6-7,10-11,14H,3-5,8-9,12-13H2,1-2H3,(H,20,24). The molecule has 0 atom stereocenters. The van der Waals surface area contributed by atoms with Crippen molar-refractivity contribution in [3.63, 3.8) is 0 Å². The molecule has 1 fully saturated rings. The second kappa shape index (κ2) is 8.58. The molecule has 2 aromatic rings. The van der Waals surface area contributed by atoms with Crippen LogP contribution in [0.3, 0.4) is 0 Å². The molecular formula is C19H26N4O2S. The highest BCUT2D eigenvalue weighted by Crippen LogP contribution is 2.24. The van der Waals surface area contributed by atoms with Gasteiger partial charge in [0.05, 0.1) is 16.8 Å². The maximum atomic E-state index is 12.6. The first-order valence-corrected chi connectivity index (χ1v) is 10.1. The zero-order chi connectivity index (χ0) is 18.5. The molecule has 2 amide bonds. The van der Waals surface area contributed by atoms with Crippen molar-refractivity contribution in [3.8, 4) is 0 Å². The molecule has 26 heavy (non-hydrogen) atoms. The van der Waals surface area contributed by atoms with Crippen molar-refractivity contribution in [2.24, 2.45) is 0 Å². The van der Waals surface area contributed by atoms with E-state index in [0.29, 0.717) is 10.9 Å². The Hall–Kier alpha value is -2.02. The lowest BCUT2D eigenvalue weighted by molar-refractivity contribution is -0.126. The summed E-state index contributed by atoms with van der Waals surface area (Å²) in [5.74, 6) is 0.349. The molecule has 140 valence electrons. The SMILES string of the molecule is CN(C)C(=O)CSc1nc2ccccc2n1CC(=O)NC1CCCCC1. The Morgan fingerprint density at radius 2 is 1.96 bits per heavy atom. The van der Waals surface area contributed by atoms with Crippen LogP contribution in [0.5, 0.6) is 0 Å². The van der Waals surface area contributed by atoms with Crippen LogP contribution in [0.25, 0.3) is 11.0 Å². The van der Waals surface area contributed by atoms with Gasteiger partial charge >= 0.3 is 0 Å². The third kappa shape index (κ3) is 4.58. The molecule has 6 nitrogen and oxygen atoms in total. The fraction of sp³-hybridized carbons (Fsp3) is 0.526. The van der Waals surface area contributed by atoms with Gasteiger partial charge in [-0.2, -0.15) is 0 Å². The van der Waals surface area contributed by atoms with Crippen LogP contribution in [-0.4, -0.2) is 52.2 Å². The molecule has 0 unspecified atom stereocenters. The zero-order valence-electron chi connectivity index (χ0n) is 15.4. The van der Waals surface area contributed by atoms with Crippen LogP contribution in [0.4, 0.5) is 0 Å². The van der Waals surface area contributed by atoms with Gasteiger partial charge < -0.3 is 14.8 Å². The second-order valence-electron chi connectivity index (χ2n) is 6.95. The molecule has 0 bridgehead atoms. The molecular weight excluding hydrogens is 348 g/mol. The monoisotopic (exact) mass is 374 g/mol. The van der Waals surface area contributed by atoms with Crippen molar-refractivity contribution in [3.05, 3.63) is 24.3 Å². The van der Waals surface area contributed by atoms with Gasteiger partial charge in [0, 0.05) is 20.1 Å². The lowest BCUT2D eigenvalue weighted by atomic mass is 9.95. The van der Waals surface area contributed by atoms with Crippen LogP contribution in [0.1, 0.15) is 32.1 Å². The van der Waals surface area contributed by atoms with Gasteiger partial charge in [-0.05, 0) is 25.0 Å². The minimum absolute atomic E-state index is 0.0147. The summed E-state index contributed by atoms with van der Waals surface area (Å²) in [7, 11) is 3.48. The Labute approximate surface area is 158 Å². The van der Waals surface area contributed by atoms with E-state index < -0.39 is 0 Å². The number of carbonyl (C=O) groups is 2. The fourth-order valence-corrected chi connectivity index (χ4v) is 4.23. The quantitative estimate of drug-likeness (QED) is 0.790. The number of imidazole rings is 1. The molecule has 0 saturated heterocycles. The van der Waals surface area contributed by atoms with Crippen LogP contribution >= 0.6 is 11.8 Å². The van der Waals surface area contributed by atoms with E-state index in [1.165, 1.54) is 31.0 Å². The van der Waals surface area contributed by atoms with Crippen LogP contribution in [-0.2, 0) is 16.1 Å². The number of fused-ring (bicyclic) bond motifs is 1. The number of nitrogens with zero attached hydrogens (tertiary/aromatic N) is 3. The van der Waals surface area contributed by atoms with Gasteiger partial charge in [-0.3, -0.25) is 9.59 Å². The van der Waals surface area contributed by atoms with E-state index in [1.807, 2.05) is 28.8 Å². The minimum Gasteiger partial charge on any atom is -0.352 e. The molecule has 0 spiro atoms. The molecule has 0 aliphatic heterocycles. The van der Waals surface area contributed by atoms with Gasteiger partial charge in [0.25, 0.3) is 0 Å². The van der Waals surface area contributed by atoms with Crippen LogP contribution in [0.2, 0.25) is 0 Å². The Morgan fingerprint density at radius 1 is 1.23 bits per heavy atom. The topological polar surface area (TPSA) is 67.2 Å². The van der Waals surface area contributed by atoms with E-state index >= 15 is 0 Å². The average Bonchev–Trinajstić information content (AvgIpc) is 2.98. The van der Waals surface area contributed by atoms with Crippen molar-refractivity contribution in [2.75, 3.05) is 19.8 Å². The van der Waals surface area contributed by atoms with Gasteiger partial charge in [0.2, 0.25) is 11.8 Å². The molecule has 1 aromatic carbocycles. The summed E-state index contributed by atoms with van der Waals surface area (Å²) >= 11 is 1.38. The lowest BCUT2D eigenvalue weighted by Gasteiger charge is -2.23. The minimum atomic E-state index is 0.0147. The predicted octanol–water partition coefficient (Wildman–Crippen LogP) is 2.67. The van der Waals surface area contributed by atoms with E-state index in [9.17, 15) is 9.59 Å². The largest absolute Gasteiger partial charge is 0.352 e. The first kappa shape index (κ1) is 18.8. The number of thioether (sulfide) groups is 1. The van der Waals surface area contributed by atoms with Crippen molar-refractivity contribution in [1.29, 1.82) is 0 Å². The third-order valence-corrected chi connectivity index (χ3v) is 5.68. The number of amides is 2. The van der Waals surface area contributed by atoms with Gasteiger partial charge in [-0.1, -0.05) is 43.2 Å². The van der Waals surface area contributed by atoms with Crippen LogP contribution in [0.15, 0.2) is 29.4 Å². The lowest BCUT2D eigenvalue weighted by Crippen LogP contribution is -2.38. The maximum absolute atomic E-state index is 12.6. The summed E-state index contributed by atoms with van der Waals surface area (Å²) in [5, 5.41) is 3.87. The van der Waals surface area contributed by atoms with Gasteiger partial charge in [0.1, 0.15) is 6.54 Å². The molecule has 3 rings (SSSR count). The first-order chi connectivity index (χ1) is 12.5. The summed E-state index contributed by atoms with van der Waals surface area (Å²) in [6, 6.07) is 8.06. The van der Waals surface area contributed by atoms with Crippen LogP contribution in [0, 0.1) is 0 Å². The highest BCUT2D eigenvalue weighted by molar-refractivity contribution is 7.99. The third-order valence-electron chi connectivity index (χ3n) is 4.72. The maximum Gasteiger partial charge on any atom is 0.240 e. The zero-order valence-corrected chi connectivity index (χ0v) is 16.2. The van der Waals surface area contributed by atoms with Gasteiger partial charge in [-0.15, -0.1) is 0 Å². The van der Waals surface area contributed by atoms with Gasteiger partial charge in [0.15, 0.2) is 5.16 Å². The van der Waals surface area contributed by atoms with E-state index in [0.717, 1.165) is 23.9 Å². The summed E-state index contributed by atoms with van der Waals surface area (Å²) in [5.41, 5.74) is 1.77. The van der Waals surface area contributed by atoms with Crippen molar-refractivity contribution >= 4 is 34.6 Å². The molecule has 1 aliphatic carbocycles. The number of aromatic nitrogens is 2. The second-order valence-corrected chi connectivity index (χ2v) is 7.89. The molecule has 1 heterocycles. The Kier molecular flexibility index (Phi) is 6.19. The number of benzene rings is 1. The fourth-order valence-electron chi connectivity index (χ4n) is 3.24. The molecule has 0 radical (unpaired) electrons. The number of rotatable bonds is 6. The molecule has 1 aliphatic rings. The highest BCUT2D eigenvalue weighted by Gasteiger charge is 2.19. The average molecular weight is 375 g/mol. The predicted molar refractivity (Wildman–Crippen MR) is 104 cm³/mol. The van der Waals surface area contributed by atoms with Crippen molar-refractivity contribution in [1.82, 2.24) is 19.8 Å².